The average molecular weight is 273 g/mol. The Morgan fingerprint density at radius 2 is 2.00 bits per heavy atom. The maximum absolute atomic E-state index is 6.03. The van der Waals surface area contributed by atoms with Gasteiger partial charge in [0.25, 0.3) is 0 Å². The van der Waals surface area contributed by atoms with E-state index in [4.69, 9.17) is 4.74 Å². The van der Waals surface area contributed by atoms with Gasteiger partial charge in [0.05, 0.1) is 0 Å². The number of rotatable bonds is 3. The fourth-order valence-corrected chi connectivity index (χ4v) is 3.46. The van der Waals surface area contributed by atoms with Crippen molar-refractivity contribution in [2.45, 2.75) is 65.0 Å². The molecule has 1 aliphatic heterocycles. The molecule has 0 saturated heterocycles. The van der Waals surface area contributed by atoms with Crippen LogP contribution in [0.15, 0.2) is 18.2 Å². The van der Waals surface area contributed by atoms with Crippen molar-refractivity contribution < 1.29 is 4.74 Å². The van der Waals surface area contributed by atoms with Crippen molar-refractivity contribution in [3.63, 3.8) is 0 Å². The van der Waals surface area contributed by atoms with Gasteiger partial charge in [-0.3, -0.25) is 0 Å². The first-order chi connectivity index (χ1) is 9.52. The number of ether oxygens (including phenoxy) is 1. The number of nitrogens with one attached hydrogen (secondary N) is 1. The van der Waals surface area contributed by atoms with E-state index in [2.05, 4.69) is 44.3 Å². The van der Waals surface area contributed by atoms with Crippen LogP contribution in [0.5, 0.6) is 5.75 Å². The van der Waals surface area contributed by atoms with Crippen molar-refractivity contribution in [1.29, 1.82) is 0 Å². The third-order valence-electron chi connectivity index (χ3n) is 4.93. The number of benzene rings is 1. The van der Waals surface area contributed by atoms with E-state index < -0.39 is 0 Å². The lowest BCUT2D eigenvalue weighted by Crippen LogP contribution is -2.40. The maximum atomic E-state index is 6.03. The number of hydrogen-bond acceptors (Lipinski definition) is 2. The van der Waals surface area contributed by atoms with Crippen molar-refractivity contribution in [3.05, 3.63) is 29.3 Å². The van der Waals surface area contributed by atoms with Gasteiger partial charge in [0.2, 0.25) is 0 Å². The molecule has 0 radical (unpaired) electrons. The van der Waals surface area contributed by atoms with Crippen LogP contribution in [0.1, 0.15) is 50.7 Å². The number of fused-ring (bicyclic) bond motifs is 1. The Kier molecular flexibility index (Phi) is 3.76. The molecule has 0 bridgehead atoms. The first-order valence-electron chi connectivity index (χ1n) is 8.01. The Hall–Kier alpha value is -1.02. The zero-order valence-electron chi connectivity index (χ0n) is 13.0. The molecule has 110 valence electrons. The van der Waals surface area contributed by atoms with Crippen LogP contribution in [0.4, 0.5) is 0 Å². The largest absolute Gasteiger partial charge is 0.488 e. The van der Waals surface area contributed by atoms with Gasteiger partial charge >= 0.3 is 0 Å². The van der Waals surface area contributed by atoms with Gasteiger partial charge in [-0.15, -0.1) is 0 Å². The molecule has 2 heteroatoms. The highest BCUT2D eigenvalue weighted by atomic mass is 16.5. The Labute approximate surface area is 122 Å². The van der Waals surface area contributed by atoms with E-state index in [-0.39, 0.29) is 0 Å². The zero-order valence-corrected chi connectivity index (χ0v) is 13.0. The van der Waals surface area contributed by atoms with Crippen LogP contribution >= 0.6 is 0 Å². The number of hydrogen-bond donors (Lipinski definition) is 1. The minimum atomic E-state index is 0.321. The third kappa shape index (κ3) is 3.17. The van der Waals surface area contributed by atoms with Crippen LogP contribution in [-0.4, -0.2) is 18.7 Å². The highest BCUT2D eigenvalue weighted by Gasteiger charge is 2.28. The predicted molar refractivity (Wildman–Crippen MR) is 83.3 cm³/mol. The Bertz CT molecular complexity index is 470. The van der Waals surface area contributed by atoms with Gasteiger partial charge in [-0.05, 0) is 49.7 Å². The highest BCUT2D eigenvalue weighted by molar-refractivity contribution is 5.40. The molecule has 1 saturated carbocycles. The highest BCUT2D eigenvalue weighted by Crippen LogP contribution is 2.35. The van der Waals surface area contributed by atoms with Crippen molar-refractivity contribution in [1.82, 2.24) is 5.32 Å². The first kappa shape index (κ1) is 13.9. The third-order valence-corrected chi connectivity index (χ3v) is 4.93. The lowest BCUT2D eigenvalue weighted by Gasteiger charge is -2.35. The molecular weight excluding hydrogens is 246 g/mol. The lowest BCUT2D eigenvalue weighted by atomic mass is 9.75. The summed E-state index contributed by atoms with van der Waals surface area (Å²) >= 11 is 0. The zero-order chi connectivity index (χ0) is 14.2. The summed E-state index contributed by atoms with van der Waals surface area (Å²) in [5.74, 6) is 1.09. The first-order valence-corrected chi connectivity index (χ1v) is 8.01. The van der Waals surface area contributed by atoms with Crippen LogP contribution in [0.3, 0.4) is 0 Å². The summed E-state index contributed by atoms with van der Waals surface area (Å²) < 4.78 is 6.03. The monoisotopic (exact) mass is 273 g/mol. The Morgan fingerprint density at radius 3 is 2.75 bits per heavy atom. The molecule has 1 N–H and O–H groups in total. The van der Waals surface area contributed by atoms with E-state index in [0.717, 1.165) is 18.7 Å². The molecule has 2 nitrogen and oxygen atoms in total. The average Bonchev–Trinajstić information content (AvgIpc) is 2.79. The molecule has 0 aromatic heterocycles. The van der Waals surface area contributed by atoms with E-state index in [1.54, 1.807) is 0 Å². The molecule has 1 aliphatic carbocycles. The van der Waals surface area contributed by atoms with E-state index in [0.29, 0.717) is 17.6 Å². The molecule has 1 aromatic rings. The topological polar surface area (TPSA) is 21.3 Å². The van der Waals surface area contributed by atoms with Gasteiger partial charge in [-0.1, -0.05) is 31.5 Å². The lowest BCUT2D eigenvalue weighted by molar-refractivity contribution is 0.181. The molecule has 1 unspecified atom stereocenters. The van der Waals surface area contributed by atoms with Gasteiger partial charge in [0, 0.05) is 19.0 Å². The van der Waals surface area contributed by atoms with Gasteiger partial charge in [0.15, 0.2) is 0 Å². The molecule has 1 atom stereocenters. The van der Waals surface area contributed by atoms with E-state index in [9.17, 15) is 0 Å². The fraction of sp³-hybridized carbons (Fsp3) is 0.667. The van der Waals surface area contributed by atoms with Crippen molar-refractivity contribution in [2.75, 3.05) is 6.54 Å². The summed E-state index contributed by atoms with van der Waals surface area (Å²) in [6, 6.07) is 7.21. The predicted octanol–water partition coefficient (Wildman–Crippen LogP) is 3.86. The minimum Gasteiger partial charge on any atom is -0.488 e. The summed E-state index contributed by atoms with van der Waals surface area (Å²) in [6.45, 7) is 7.92. The molecule has 1 fully saturated rings. The summed E-state index contributed by atoms with van der Waals surface area (Å²) in [7, 11) is 0. The normalized spacial score (nSPS) is 25.2. The molecule has 0 spiro atoms. The second kappa shape index (κ2) is 5.40. The molecule has 20 heavy (non-hydrogen) atoms. The van der Waals surface area contributed by atoms with Crippen LogP contribution in [0, 0.1) is 12.3 Å². The second-order valence-corrected chi connectivity index (χ2v) is 7.40. The molecule has 0 amide bonds. The SMILES string of the molecule is Cc1ccc2c(c1)CC(CNC1CCC(C)(C)CC1)O2. The molecule has 3 rings (SSSR count). The smallest absolute Gasteiger partial charge is 0.123 e. The molecular formula is C18H27NO. The Morgan fingerprint density at radius 1 is 1.25 bits per heavy atom. The van der Waals surface area contributed by atoms with Crippen LogP contribution in [0.2, 0.25) is 0 Å². The summed E-state index contributed by atoms with van der Waals surface area (Å²) in [5.41, 5.74) is 3.26. The molecule has 1 aromatic carbocycles. The second-order valence-electron chi connectivity index (χ2n) is 7.40. The summed E-state index contributed by atoms with van der Waals surface area (Å²) in [6.07, 6.45) is 6.69. The van der Waals surface area contributed by atoms with Gasteiger partial charge < -0.3 is 10.1 Å². The summed E-state index contributed by atoms with van der Waals surface area (Å²) in [5, 5.41) is 3.73. The van der Waals surface area contributed by atoms with Crippen LogP contribution in [0.25, 0.3) is 0 Å². The van der Waals surface area contributed by atoms with Crippen molar-refractivity contribution >= 4 is 0 Å². The minimum absolute atomic E-state index is 0.321. The molecule has 1 heterocycles. The van der Waals surface area contributed by atoms with Crippen molar-refractivity contribution in [2.24, 2.45) is 5.41 Å². The van der Waals surface area contributed by atoms with E-state index >= 15 is 0 Å². The van der Waals surface area contributed by atoms with Gasteiger partial charge in [-0.2, -0.15) is 0 Å². The van der Waals surface area contributed by atoms with E-state index in [1.807, 2.05) is 0 Å². The van der Waals surface area contributed by atoms with Crippen LogP contribution in [-0.2, 0) is 6.42 Å². The van der Waals surface area contributed by atoms with Crippen molar-refractivity contribution in [3.8, 4) is 5.75 Å². The van der Waals surface area contributed by atoms with Crippen LogP contribution < -0.4 is 10.1 Å². The fourth-order valence-electron chi connectivity index (χ4n) is 3.46. The van der Waals surface area contributed by atoms with Gasteiger partial charge in [0.1, 0.15) is 11.9 Å². The Balaban J connectivity index is 1.47. The standard InChI is InChI=1S/C18H27NO/c1-13-4-5-17-14(10-13)11-16(20-17)12-19-15-6-8-18(2,3)9-7-15/h4-5,10,15-16,19H,6-9,11-12H2,1-3H3. The molecule has 2 aliphatic rings. The van der Waals surface area contributed by atoms with E-state index in [1.165, 1.54) is 36.8 Å². The summed E-state index contributed by atoms with van der Waals surface area (Å²) in [4.78, 5) is 0. The quantitative estimate of drug-likeness (QED) is 0.903. The van der Waals surface area contributed by atoms with Gasteiger partial charge in [-0.25, -0.2) is 0 Å². The number of aryl methyl sites for hydroxylation is 1. The maximum Gasteiger partial charge on any atom is 0.123 e.